The van der Waals surface area contributed by atoms with Gasteiger partial charge in [-0.3, -0.25) is 14.3 Å². The fourth-order valence-electron chi connectivity index (χ4n) is 3.03. The monoisotopic (exact) mass is 320 g/mol. The normalized spacial score (nSPS) is 18.9. The predicted molar refractivity (Wildman–Crippen MR) is 90.1 cm³/mol. The molecule has 2 amide bonds. The van der Waals surface area contributed by atoms with Crippen molar-refractivity contribution in [3.63, 3.8) is 0 Å². The van der Waals surface area contributed by atoms with E-state index in [4.69, 9.17) is 0 Å². The van der Waals surface area contributed by atoms with Gasteiger partial charge in [-0.15, -0.1) is 0 Å². The number of nitrogens with zero attached hydrogens (tertiary/aromatic N) is 3. The Kier molecular flexibility index (Phi) is 4.82. The van der Waals surface area contributed by atoms with Crippen molar-refractivity contribution in [2.45, 2.75) is 47.5 Å². The first-order valence-corrected chi connectivity index (χ1v) is 8.21. The van der Waals surface area contributed by atoms with E-state index >= 15 is 0 Å². The molecule has 0 aliphatic carbocycles. The second kappa shape index (κ2) is 6.34. The Morgan fingerprint density at radius 2 is 1.91 bits per heavy atom. The van der Waals surface area contributed by atoms with Crippen LogP contribution in [0, 0.1) is 25.2 Å². The summed E-state index contributed by atoms with van der Waals surface area (Å²) < 4.78 is 1.77. The minimum atomic E-state index is -0.408. The SMILES string of the molecule is Cc1nn(C)c(C)c1NC(=O)C1CCCN(C(=O)C(C)(C)C)C1. The third-order valence-corrected chi connectivity index (χ3v) is 4.48. The summed E-state index contributed by atoms with van der Waals surface area (Å²) in [6.45, 7) is 10.8. The third-order valence-electron chi connectivity index (χ3n) is 4.48. The zero-order valence-corrected chi connectivity index (χ0v) is 15.1. The van der Waals surface area contributed by atoms with Crippen molar-refractivity contribution in [2.75, 3.05) is 18.4 Å². The first kappa shape index (κ1) is 17.5. The number of amides is 2. The lowest BCUT2D eigenvalue weighted by molar-refractivity contribution is -0.142. The molecule has 0 bridgehead atoms. The number of carbonyl (C=O) groups is 2. The van der Waals surface area contributed by atoms with Gasteiger partial charge in [0.25, 0.3) is 0 Å². The van der Waals surface area contributed by atoms with Crippen LogP contribution in [0.5, 0.6) is 0 Å². The van der Waals surface area contributed by atoms with Gasteiger partial charge in [0, 0.05) is 25.6 Å². The maximum Gasteiger partial charge on any atom is 0.229 e. The van der Waals surface area contributed by atoms with Crippen molar-refractivity contribution in [1.82, 2.24) is 14.7 Å². The molecule has 1 fully saturated rings. The molecule has 1 atom stereocenters. The zero-order valence-electron chi connectivity index (χ0n) is 15.1. The first-order chi connectivity index (χ1) is 10.6. The van der Waals surface area contributed by atoms with Gasteiger partial charge in [0.05, 0.1) is 23.0 Å². The van der Waals surface area contributed by atoms with Gasteiger partial charge in [-0.25, -0.2) is 0 Å². The maximum absolute atomic E-state index is 12.6. The highest BCUT2D eigenvalue weighted by Crippen LogP contribution is 2.25. The lowest BCUT2D eigenvalue weighted by atomic mass is 9.91. The molecule has 128 valence electrons. The molecule has 1 saturated heterocycles. The van der Waals surface area contributed by atoms with Gasteiger partial charge in [0.2, 0.25) is 11.8 Å². The van der Waals surface area contributed by atoms with E-state index in [9.17, 15) is 9.59 Å². The smallest absolute Gasteiger partial charge is 0.229 e. The standard InChI is InChI=1S/C17H28N4O2/c1-11-14(12(2)20(6)19-11)18-15(22)13-8-7-9-21(10-13)16(23)17(3,4)5/h13H,7-10H2,1-6H3,(H,18,22). The van der Waals surface area contributed by atoms with Crippen LogP contribution in [0.15, 0.2) is 0 Å². The topological polar surface area (TPSA) is 67.2 Å². The lowest BCUT2D eigenvalue weighted by Gasteiger charge is -2.35. The third kappa shape index (κ3) is 3.74. The van der Waals surface area contributed by atoms with Crippen LogP contribution in [0.25, 0.3) is 0 Å². The number of likely N-dealkylation sites (tertiary alicyclic amines) is 1. The van der Waals surface area contributed by atoms with E-state index in [0.29, 0.717) is 6.54 Å². The van der Waals surface area contributed by atoms with Crippen LogP contribution < -0.4 is 5.32 Å². The molecular formula is C17H28N4O2. The van der Waals surface area contributed by atoms with Crippen molar-refractivity contribution in [3.05, 3.63) is 11.4 Å². The molecule has 23 heavy (non-hydrogen) atoms. The molecule has 1 aliphatic heterocycles. The van der Waals surface area contributed by atoms with Crippen LogP contribution in [0.3, 0.4) is 0 Å². The summed E-state index contributed by atoms with van der Waals surface area (Å²) in [6, 6.07) is 0. The minimum absolute atomic E-state index is 0.0180. The van der Waals surface area contributed by atoms with E-state index in [-0.39, 0.29) is 17.7 Å². The molecule has 1 unspecified atom stereocenters. The number of piperidine rings is 1. The Morgan fingerprint density at radius 1 is 1.26 bits per heavy atom. The van der Waals surface area contributed by atoms with Crippen molar-refractivity contribution >= 4 is 17.5 Å². The molecular weight excluding hydrogens is 292 g/mol. The fourth-order valence-corrected chi connectivity index (χ4v) is 3.03. The number of rotatable bonds is 2. The molecule has 1 aromatic rings. The van der Waals surface area contributed by atoms with Crippen molar-refractivity contribution < 1.29 is 9.59 Å². The van der Waals surface area contributed by atoms with Gasteiger partial charge in [-0.2, -0.15) is 5.10 Å². The molecule has 6 heteroatoms. The highest BCUT2D eigenvalue weighted by atomic mass is 16.2. The summed E-state index contributed by atoms with van der Waals surface area (Å²) in [5, 5.41) is 7.33. The Bertz CT molecular complexity index is 613. The van der Waals surface area contributed by atoms with Gasteiger partial charge >= 0.3 is 0 Å². The highest BCUT2D eigenvalue weighted by Gasteiger charge is 2.33. The Labute approximate surface area is 138 Å². The highest BCUT2D eigenvalue weighted by molar-refractivity contribution is 5.94. The second-order valence-electron chi connectivity index (χ2n) is 7.50. The maximum atomic E-state index is 12.6. The molecule has 0 aromatic carbocycles. The van der Waals surface area contributed by atoms with Crippen LogP contribution in [-0.2, 0) is 16.6 Å². The number of nitrogens with one attached hydrogen (secondary N) is 1. The van der Waals surface area contributed by atoms with Crippen molar-refractivity contribution in [1.29, 1.82) is 0 Å². The van der Waals surface area contributed by atoms with Gasteiger partial charge < -0.3 is 10.2 Å². The number of anilines is 1. The van der Waals surface area contributed by atoms with Crippen LogP contribution in [0.4, 0.5) is 5.69 Å². The Morgan fingerprint density at radius 3 is 2.43 bits per heavy atom. The number of aryl methyl sites for hydroxylation is 2. The fraction of sp³-hybridized carbons (Fsp3) is 0.706. The van der Waals surface area contributed by atoms with Gasteiger partial charge in [-0.05, 0) is 26.7 Å². The lowest BCUT2D eigenvalue weighted by Crippen LogP contribution is -2.47. The van der Waals surface area contributed by atoms with E-state index in [1.54, 1.807) is 4.68 Å². The zero-order chi connectivity index (χ0) is 17.4. The van der Waals surface area contributed by atoms with Gasteiger partial charge in [0.1, 0.15) is 0 Å². The summed E-state index contributed by atoms with van der Waals surface area (Å²) in [6.07, 6.45) is 1.68. The van der Waals surface area contributed by atoms with E-state index in [0.717, 1.165) is 36.5 Å². The molecule has 1 aromatic heterocycles. The van der Waals surface area contributed by atoms with E-state index < -0.39 is 5.41 Å². The summed E-state index contributed by atoms with van der Waals surface area (Å²) >= 11 is 0. The van der Waals surface area contributed by atoms with Gasteiger partial charge in [-0.1, -0.05) is 20.8 Å². The van der Waals surface area contributed by atoms with Crippen LogP contribution >= 0.6 is 0 Å². The number of carbonyl (C=O) groups excluding carboxylic acids is 2. The van der Waals surface area contributed by atoms with Gasteiger partial charge in [0.15, 0.2) is 0 Å². The number of hydrogen-bond donors (Lipinski definition) is 1. The van der Waals surface area contributed by atoms with Crippen LogP contribution in [-0.4, -0.2) is 39.6 Å². The quantitative estimate of drug-likeness (QED) is 0.909. The molecule has 6 nitrogen and oxygen atoms in total. The summed E-state index contributed by atoms with van der Waals surface area (Å²) in [5.74, 6) is -0.0617. The predicted octanol–water partition coefficient (Wildman–Crippen LogP) is 2.26. The molecule has 0 saturated carbocycles. The van der Waals surface area contributed by atoms with Crippen molar-refractivity contribution in [3.8, 4) is 0 Å². The Balaban J connectivity index is 2.06. The van der Waals surface area contributed by atoms with Crippen molar-refractivity contribution in [2.24, 2.45) is 18.4 Å². The number of hydrogen-bond acceptors (Lipinski definition) is 3. The summed E-state index contributed by atoms with van der Waals surface area (Å²) in [5.41, 5.74) is 2.14. The molecule has 0 radical (unpaired) electrons. The average molecular weight is 320 g/mol. The minimum Gasteiger partial charge on any atom is -0.341 e. The molecule has 2 rings (SSSR count). The first-order valence-electron chi connectivity index (χ1n) is 8.21. The molecule has 1 aliphatic rings. The largest absolute Gasteiger partial charge is 0.341 e. The summed E-state index contributed by atoms with van der Waals surface area (Å²) in [7, 11) is 1.86. The Hall–Kier alpha value is -1.85. The average Bonchev–Trinajstić information content (AvgIpc) is 2.72. The molecule has 2 heterocycles. The van der Waals surface area contributed by atoms with E-state index in [1.165, 1.54) is 0 Å². The molecule has 0 spiro atoms. The second-order valence-corrected chi connectivity index (χ2v) is 7.50. The van der Waals surface area contributed by atoms with E-state index in [2.05, 4.69) is 10.4 Å². The summed E-state index contributed by atoms with van der Waals surface area (Å²) in [4.78, 5) is 26.9. The number of aromatic nitrogens is 2. The van der Waals surface area contributed by atoms with Crippen LogP contribution in [0.1, 0.15) is 45.0 Å². The molecule has 1 N–H and O–H groups in total. The van der Waals surface area contributed by atoms with Crippen LogP contribution in [0.2, 0.25) is 0 Å². The van der Waals surface area contributed by atoms with E-state index in [1.807, 2.05) is 46.6 Å².